The van der Waals surface area contributed by atoms with Gasteiger partial charge in [-0.2, -0.15) is 0 Å². The summed E-state index contributed by atoms with van der Waals surface area (Å²) in [4.78, 5) is 10.2. The molecule has 0 bridgehead atoms. The summed E-state index contributed by atoms with van der Waals surface area (Å²) in [5.74, 6) is 5.50. The number of aliphatic carboxylic acids is 1. The first kappa shape index (κ1) is 20.4. The molecule has 0 radical (unpaired) electrons. The van der Waals surface area contributed by atoms with Gasteiger partial charge in [-0.25, -0.2) is 4.79 Å². The molecule has 0 saturated heterocycles. The molecule has 0 aromatic rings. The molecule has 0 aliphatic heterocycles. The average Bonchev–Trinajstić information content (AvgIpc) is 2.46. The van der Waals surface area contributed by atoms with Gasteiger partial charge in [0.05, 0.1) is 5.75 Å². The van der Waals surface area contributed by atoms with E-state index >= 15 is 0 Å². The van der Waals surface area contributed by atoms with Crippen molar-refractivity contribution in [3.63, 3.8) is 0 Å². The molecule has 0 aromatic heterocycles. The summed E-state index contributed by atoms with van der Waals surface area (Å²) in [6.07, 6.45) is 16.5. The van der Waals surface area contributed by atoms with Gasteiger partial charge < -0.3 is 5.11 Å². The first-order valence-electron chi connectivity index (χ1n) is 8.57. The Morgan fingerprint density at radius 2 is 1.33 bits per heavy atom. The van der Waals surface area contributed by atoms with Crippen LogP contribution in [0, 0.1) is 11.8 Å². The summed E-state index contributed by atoms with van der Waals surface area (Å²) < 4.78 is 0. The van der Waals surface area contributed by atoms with Crippen LogP contribution in [0.1, 0.15) is 84.0 Å². The number of unbranched alkanes of at least 4 members (excludes halogenated alkanes) is 11. The predicted octanol–water partition coefficient (Wildman–Crippen LogP) is 5.51. The molecular weight excluding hydrogens is 280 g/mol. The Labute approximate surface area is 135 Å². The van der Waals surface area contributed by atoms with E-state index in [1.807, 2.05) is 0 Å². The van der Waals surface area contributed by atoms with Crippen LogP contribution in [0.3, 0.4) is 0 Å². The van der Waals surface area contributed by atoms with Crippen LogP contribution in [-0.2, 0) is 4.79 Å². The van der Waals surface area contributed by atoms with Crippen molar-refractivity contribution in [3.05, 3.63) is 0 Å². The van der Waals surface area contributed by atoms with Crippen molar-refractivity contribution in [2.24, 2.45) is 0 Å². The maximum Gasteiger partial charge on any atom is 0.381 e. The van der Waals surface area contributed by atoms with Gasteiger partial charge in [-0.3, -0.25) is 0 Å². The van der Waals surface area contributed by atoms with E-state index in [-0.39, 0.29) is 0 Å². The molecule has 0 rings (SSSR count). The van der Waals surface area contributed by atoms with Crippen molar-refractivity contribution in [1.82, 2.24) is 0 Å². The molecule has 0 heterocycles. The van der Waals surface area contributed by atoms with Crippen molar-refractivity contribution in [1.29, 1.82) is 0 Å². The molecule has 0 saturated carbocycles. The van der Waals surface area contributed by atoms with E-state index in [9.17, 15) is 4.79 Å². The lowest BCUT2D eigenvalue weighted by atomic mass is 10.1. The van der Waals surface area contributed by atoms with Crippen LogP contribution >= 0.6 is 11.8 Å². The van der Waals surface area contributed by atoms with Crippen molar-refractivity contribution in [2.75, 3.05) is 11.5 Å². The zero-order valence-corrected chi connectivity index (χ0v) is 14.5. The summed E-state index contributed by atoms with van der Waals surface area (Å²) in [5, 5.41) is 8.35. The Morgan fingerprint density at radius 1 is 0.857 bits per heavy atom. The van der Waals surface area contributed by atoms with E-state index in [2.05, 4.69) is 18.8 Å². The number of hydrogen-bond acceptors (Lipinski definition) is 2. The summed E-state index contributed by atoms with van der Waals surface area (Å²) in [7, 11) is 0. The number of hydrogen-bond donors (Lipinski definition) is 1. The Balaban J connectivity index is 3.03. The number of carboxylic acid groups (broad SMARTS) is 1. The fourth-order valence-electron chi connectivity index (χ4n) is 2.28. The molecule has 21 heavy (non-hydrogen) atoms. The molecule has 0 atom stereocenters. The highest BCUT2D eigenvalue weighted by atomic mass is 32.2. The summed E-state index contributed by atoms with van der Waals surface area (Å²) >= 11 is 1.74. The van der Waals surface area contributed by atoms with Gasteiger partial charge in [-0.1, -0.05) is 83.5 Å². The van der Waals surface area contributed by atoms with Crippen LogP contribution in [-0.4, -0.2) is 22.6 Å². The number of thioether (sulfide) groups is 1. The Hall–Kier alpha value is -0.620. The van der Waals surface area contributed by atoms with Crippen molar-refractivity contribution in [3.8, 4) is 11.8 Å². The number of carbonyl (C=O) groups is 1. The molecule has 0 aromatic carbocycles. The minimum atomic E-state index is -1.03. The molecule has 0 spiro atoms. The zero-order valence-electron chi connectivity index (χ0n) is 13.7. The van der Waals surface area contributed by atoms with Crippen LogP contribution in [0.4, 0.5) is 0 Å². The van der Waals surface area contributed by atoms with Crippen LogP contribution in [0.5, 0.6) is 0 Å². The Bertz CT molecular complexity index is 291. The lowest BCUT2D eigenvalue weighted by molar-refractivity contribution is -0.130. The molecule has 122 valence electrons. The molecule has 0 aliphatic rings. The molecule has 0 amide bonds. The predicted molar refractivity (Wildman–Crippen MR) is 93.8 cm³/mol. The zero-order chi connectivity index (χ0) is 15.6. The normalized spacial score (nSPS) is 10.1. The lowest BCUT2D eigenvalue weighted by Crippen LogP contribution is -1.88. The Kier molecular flexibility index (Phi) is 16.9. The van der Waals surface area contributed by atoms with Crippen molar-refractivity contribution in [2.45, 2.75) is 84.0 Å². The van der Waals surface area contributed by atoms with E-state index < -0.39 is 5.97 Å². The van der Waals surface area contributed by atoms with Gasteiger partial charge in [0.2, 0.25) is 0 Å². The maximum atomic E-state index is 10.2. The first-order chi connectivity index (χ1) is 10.3. The highest BCUT2D eigenvalue weighted by molar-refractivity contribution is 7.99. The highest BCUT2D eigenvalue weighted by Gasteiger charge is 1.93. The Morgan fingerprint density at radius 3 is 1.81 bits per heavy atom. The van der Waals surface area contributed by atoms with Crippen LogP contribution in [0.25, 0.3) is 0 Å². The second-order valence-electron chi connectivity index (χ2n) is 5.55. The van der Waals surface area contributed by atoms with Crippen LogP contribution in [0.2, 0.25) is 0 Å². The SMILES string of the molecule is CCCCCCCCCCCCCCSCC#CC(=O)O. The van der Waals surface area contributed by atoms with Gasteiger partial charge in [-0.15, -0.1) is 11.8 Å². The van der Waals surface area contributed by atoms with Gasteiger partial charge in [0.1, 0.15) is 0 Å². The smallest absolute Gasteiger partial charge is 0.381 e. The fourth-order valence-corrected chi connectivity index (χ4v) is 3.01. The van der Waals surface area contributed by atoms with Crippen LogP contribution in [0.15, 0.2) is 0 Å². The van der Waals surface area contributed by atoms with Gasteiger partial charge in [0.25, 0.3) is 0 Å². The molecule has 3 heteroatoms. The molecule has 0 unspecified atom stereocenters. The van der Waals surface area contributed by atoms with E-state index in [0.29, 0.717) is 5.75 Å². The summed E-state index contributed by atoms with van der Waals surface area (Å²) in [6.45, 7) is 2.27. The summed E-state index contributed by atoms with van der Waals surface area (Å²) in [6, 6.07) is 0. The standard InChI is InChI=1S/C18H32O2S/c1-2-3-4-5-6-7-8-9-10-11-12-13-16-21-17-14-15-18(19)20/h2-13,16-17H2,1H3,(H,19,20). The average molecular weight is 313 g/mol. The van der Waals surface area contributed by atoms with Crippen molar-refractivity contribution < 1.29 is 9.90 Å². The highest BCUT2D eigenvalue weighted by Crippen LogP contribution is 2.13. The molecule has 0 fully saturated rings. The minimum absolute atomic E-state index is 0.643. The third kappa shape index (κ3) is 19.4. The van der Waals surface area contributed by atoms with E-state index in [1.165, 1.54) is 77.0 Å². The largest absolute Gasteiger partial charge is 0.472 e. The van der Waals surface area contributed by atoms with Gasteiger partial charge in [-0.05, 0) is 12.2 Å². The second-order valence-corrected chi connectivity index (χ2v) is 6.65. The first-order valence-corrected chi connectivity index (χ1v) is 9.72. The maximum absolute atomic E-state index is 10.2. The van der Waals surface area contributed by atoms with Gasteiger partial charge >= 0.3 is 5.97 Å². The molecule has 0 aliphatic carbocycles. The van der Waals surface area contributed by atoms with E-state index in [4.69, 9.17) is 5.11 Å². The number of rotatable bonds is 14. The van der Waals surface area contributed by atoms with Gasteiger partial charge in [0, 0.05) is 5.92 Å². The minimum Gasteiger partial charge on any atom is -0.472 e. The molecule has 2 nitrogen and oxygen atoms in total. The van der Waals surface area contributed by atoms with Gasteiger partial charge in [0.15, 0.2) is 0 Å². The monoisotopic (exact) mass is 312 g/mol. The number of carboxylic acids is 1. The van der Waals surface area contributed by atoms with E-state index in [0.717, 1.165) is 5.75 Å². The second kappa shape index (κ2) is 17.4. The summed E-state index contributed by atoms with van der Waals surface area (Å²) in [5.41, 5.74) is 0. The quantitative estimate of drug-likeness (QED) is 0.339. The fraction of sp³-hybridized carbons (Fsp3) is 0.833. The third-order valence-electron chi connectivity index (χ3n) is 3.51. The third-order valence-corrected chi connectivity index (χ3v) is 4.44. The topological polar surface area (TPSA) is 37.3 Å². The van der Waals surface area contributed by atoms with Crippen molar-refractivity contribution >= 4 is 17.7 Å². The van der Waals surface area contributed by atoms with Crippen LogP contribution < -0.4 is 0 Å². The lowest BCUT2D eigenvalue weighted by Gasteiger charge is -2.02. The van der Waals surface area contributed by atoms with E-state index in [1.54, 1.807) is 11.8 Å². The molecule has 1 N–H and O–H groups in total. The molecular formula is C18H32O2S.